The van der Waals surface area contributed by atoms with E-state index in [4.69, 9.17) is 5.73 Å². The number of aliphatic imine (C=N–C) groups is 1. The van der Waals surface area contributed by atoms with Crippen LogP contribution in [-0.2, 0) is 10.2 Å². The number of hydrogen-bond acceptors (Lipinski definition) is 3. The van der Waals surface area contributed by atoms with Gasteiger partial charge in [-0.3, -0.25) is 9.59 Å². The predicted octanol–water partition coefficient (Wildman–Crippen LogP) is 1.58. The normalized spacial score (nSPS) is 35.7. The standard InChI is InChI=1S/C15H14N2O2/c16-12-14-7-3-4-8-15(14,13(19)17-12)11(18)9-5-1-2-6-10(9)14/h1-2,5-6H,3-4,7-8H2,(H2,16,17,19). The van der Waals surface area contributed by atoms with Gasteiger partial charge in [0, 0.05) is 5.56 Å². The maximum Gasteiger partial charge on any atom is 0.262 e. The molecule has 2 N–H and O–H groups in total. The molecule has 4 rings (SSSR count). The number of Topliss-reactive ketones (excluding diaryl/α,β-unsaturated/α-hetero) is 1. The molecule has 0 saturated heterocycles. The Bertz CT molecular complexity index is 664. The third-order valence-electron chi connectivity index (χ3n) is 5.13. The first-order valence-electron chi connectivity index (χ1n) is 6.68. The van der Waals surface area contributed by atoms with Gasteiger partial charge in [-0.25, -0.2) is 0 Å². The van der Waals surface area contributed by atoms with Crippen molar-refractivity contribution in [3.8, 4) is 0 Å². The minimum atomic E-state index is -1.03. The number of hydrogen-bond donors (Lipinski definition) is 1. The Hall–Kier alpha value is -1.97. The van der Waals surface area contributed by atoms with E-state index < -0.39 is 10.8 Å². The molecule has 0 spiro atoms. The fourth-order valence-electron chi connectivity index (χ4n) is 4.33. The van der Waals surface area contributed by atoms with E-state index in [2.05, 4.69) is 4.99 Å². The molecule has 2 aliphatic carbocycles. The molecule has 96 valence electrons. The second-order valence-electron chi connectivity index (χ2n) is 5.69. The summed E-state index contributed by atoms with van der Waals surface area (Å²) in [5.74, 6) is -0.0570. The smallest absolute Gasteiger partial charge is 0.262 e. The predicted molar refractivity (Wildman–Crippen MR) is 70.0 cm³/mol. The number of fused-ring (bicyclic) bond motifs is 1. The number of nitrogens with zero attached hydrogens (tertiary/aromatic N) is 1. The molecular weight excluding hydrogens is 240 g/mol. The highest BCUT2D eigenvalue weighted by atomic mass is 16.2. The molecule has 0 radical (unpaired) electrons. The van der Waals surface area contributed by atoms with E-state index in [1.807, 2.05) is 24.3 Å². The van der Waals surface area contributed by atoms with Gasteiger partial charge in [-0.15, -0.1) is 0 Å². The van der Waals surface area contributed by atoms with Gasteiger partial charge in [0.15, 0.2) is 5.78 Å². The van der Waals surface area contributed by atoms with Crippen molar-refractivity contribution in [2.75, 3.05) is 0 Å². The summed E-state index contributed by atoms with van der Waals surface area (Å²) in [5, 5.41) is 0. The highest BCUT2D eigenvalue weighted by Crippen LogP contribution is 2.62. The SMILES string of the molecule is NC1=NC(=O)C23CCCCC12c1ccccc1C3=O. The molecule has 0 bridgehead atoms. The van der Waals surface area contributed by atoms with Crippen LogP contribution in [0.15, 0.2) is 29.3 Å². The molecule has 2 unspecified atom stereocenters. The Labute approximate surface area is 110 Å². The summed E-state index contributed by atoms with van der Waals surface area (Å²) in [6.45, 7) is 0. The Kier molecular flexibility index (Phi) is 1.80. The Morgan fingerprint density at radius 3 is 2.53 bits per heavy atom. The zero-order valence-electron chi connectivity index (χ0n) is 10.5. The molecule has 2 atom stereocenters. The maximum absolute atomic E-state index is 12.8. The number of ketones is 1. The summed E-state index contributed by atoms with van der Waals surface area (Å²) in [5.41, 5.74) is 5.99. The minimum Gasteiger partial charge on any atom is -0.386 e. The molecule has 3 aliphatic rings. The highest BCUT2D eigenvalue weighted by molar-refractivity contribution is 6.29. The largest absolute Gasteiger partial charge is 0.386 e. The lowest BCUT2D eigenvalue weighted by atomic mass is 9.56. The molecule has 4 heteroatoms. The summed E-state index contributed by atoms with van der Waals surface area (Å²) in [7, 11) is 0. The van der Waals surface area contributed by atoms with E-state index in [-0.39, 0.29) is 11.7 Å². The topological polar surface area (TPSA) is 72.5 Å². The van der Waals surface area contributed by atoms with Crippen LogP contribution in [0.5, 0.6) is 0 Å². The summed E-state index contributed by atoms with van der Waals surface area (Å²) in [6, 6.07) is 7.49. The second kappa shape index (κ2) is 3.13. The van der Waals surface area contributed by atoms with Crippen LogP contribution in [0, 0.1) is 5.41 Å². The number of nitrogens with two attached hydrogens (primary N) is 1. The van der Waals surface area contributed by atoms with Crippen molar-refractivity contribution >= 4 is 17.5 Å². The molecule has 4 nitrogen and oxygen atoms in total. The Balaban J connectivity index is 2.12. The fraction of sp³-hybridized carbons (Fsp3) is 0.400. The number of rotatable bonds is 0. The van der Waals surface area contributed by atoms with Crippen molar-refractivity contribution in [1.82, 2.24) is 0 Å². The number of carbonyl (C=O) groups is 2. The molecule has 1 saturated carbocycles. The lowest BCUT2D eigenvalue weighted by molar-refractivity contribution is -0.126. The van der Waals surface area contributed by atoms with Crippen molar-refractivity contribution in [2.45, 2.75) is 31.1 Å². The van der Waals surface area contributed by atoms with Gasteiger partial charge in [-0.2, -0.15) is 4.99 Å². The van der Waals surface area contributed by atoms with E-state index in [0.717, 1.165) is 24.8 Å². The molecule has 0 aromatic heterocycles. The third-order valence-corrected chi connectivity index (χ3v) is 5.13. The van der Waals surface area contributed by atoms with Gasteiger partial charge in [-0.05, 0) is 18.4 Å². The van der Waals surface area contributed by atoms with Crippen molar-refractivity contribution in [2.24, 2.45) is 16.1 Å². The van der Waals surface area contributed by atoms with E-state index >= 15 is 0 Å². The lowest BCUT2D eigenvalue weighted by Crippen LogP contribution is -2.54. The Morgan fingerprint density at radius 2 is 1.74 bits per heavy atom. The second-order valence-corrected chi connectivity index (χ2v) is 5.69. The summed E-state index contributed by atoms with van der Waals surface area (Å²) in [4.78, 5) is 29.2. The van der Waals surface area contributed by atoms with Crippen molar-refractivity contribution in [3.63, 3.8) is 0 Å². The van der Waals surface area contributed by atoms with Crippen LogP contribution in [0.25, 0.3) is 0 Å². The first-order chi connectivity index (χ1) is 9.14. The lowest BCUT2D eigenvalue weighted by Gasteiger charge is -2.41. The Morgan fingerprint density at radius 1 is 1.05 bits per heavy atom. The van der Waals surface area contributed by atoms with Crippen molar-refractivity contribution in [1.29, 1.82) is 0 Å². The molecule has 1 fully saturated rings. The quantitative estimate of drug-likeness (QED) is 0.714. The average molecular weight is 254 g/mol. The first-order valence-corrected chi connectivity index (χ1v) is 6.68. The van der Waals surface area contributed by atoms with Crippen LogP contribution < -0.4 is 5.73 Å². The minimum absolute atomic E-state index is 0.0722. The first kappa shape index (κ1) is 10.9. The van der Waals surface area contributed by atoms with Gasteiger partial charge >= 0.3 is 0 Å². The van der Waals surface area contributed by atoms with E-state index in [1.165, 1.54) is 0 Å². The molecule has 1 aromatic rings. The number of benzene rings is 1. The van der Waals surface area contributed by atoms with Gasteiger partial charge < -0.3 is 5.73 Å². The van der Waals surface area contributed by atoms with Gasteiger partial charge in [0.1, 0.15) is 11.3 Å². The van der Waals surface area contributed by atoms with Crippen LogP contribution in [0.4, 0.5) is 0 Å². The van der Waals surface area contributed by atoms with Crippen LogP contribution in [0.2, 0.25) is 0 Å². The van der Waals surface area contributed by atoms with E-state index in [0.29, 0.717) is 17.8 Å². The third kappa shape index (κ3) is 0.906. The number of amidine groups is 1. The monoisotopic (exact) mass is 254 g/mol. The van der Waals surface area contributed by atoms with Crippen LogP contribution in [0.1, 0.15) is 41.6 Å². The maximum atomic E-state index is 12.8. The van der Waals surface area contributed by atoms with Gasteiger partial charge in [0.2, 0.25) is 0 Å². The van der Waals surface area contributed by atoms with Gasteiger partial charge in [0.25, 0.3) is 5.91 Å². The van der Waals surface area contributed by atoms with Gasteiger partial charge in [0.05, 0.1) is 5.41 Å². The molecule has 1 heterocycles. The molecule has 19 heavy (non-hydrogen) atoms. The molecule has 1 aromatic carbocycles. The fourth-order valence-corrected chi connectivity index (χ4v) is 4.33. The van der Waals surface area contributed by atoms with Crippen molar-refractivity contribution < 1.29 is 9.59 Å². The molecule has 1 amide bonds. The summed E-state index contributed by atoms with van der Waals surface area (Å²) in [6.07, 6.45) is 3.18. The molecule has 1 aliphatic heterocycles. The van der Waals surface area contributed by atoms with Gasteiger partial charge in [-0.1, -0.05) is 37.1 Å². The van der Waals surface area contributed by atoms with Crippen molar-refractivity contribution in [3.05, 3.63) is 35.4 Å². The zero-order valence-corrected chi connectivity index (χ0v) is 10.5. The average Bonchev–Trinajstić information content (AvgIpc) is 2.82. The van der Waals surface area contributed by atoms with Crippen LogP contribution >= 0.6 is 0 Å². The summed E-state index contributed by atoms with van der Waals surface area (Å²) >= 11 is 0. The summed E-state index contributed by atoms with van der Waals surface area (Å²) < 4.78 is 0. The number of amides is 1. The van der Waals surface area contributed by atoms with E-state index in [1.54, 1.807) is 0 Å². The van der Waals surface area contributed by atoms with Crippen LogP contribution in [0.3, 0.4) is 0 Å². The molecular formula is C15H14N2O2. The zero-order chi connectivity index (χ0) is 13.3. The number of carbonyl (C=O) groups excluding carboxylic acids is 2. The van der Waals surface area contributed by atoms with E-state index in [9.17, 15) is 9.59 Å². The highest BCUT2D eigenvalue weighted by Gasteiger charge is 2.72. The van der Waals surface area contributed by atoms with Crippen LogP contribution in [-0.4, -0.2) is 17.5 Å².